The molecule has 4 heteroatoms. The molecule has 2 aliphatic rings. The molecular weight excluding hydrogens is 226 g/mol. The van der Waals surface area contributed by atoms with Crippen molar-refractivity contribution in [3.63, 3.8) is 0 Å². The Kier molecular flexibility index (Phi) is 1.95. The normalized spacial score (nSPS) is 16.0. The van der Waals surface area contributed by atoms with Gasteiger partial charge in [0.2, 0.25) is 0 Å². The summed E-state index contributed by atoms with van der Waals surface area (Å²) in [5.74, 6) is 0.760. The highest BCUT2D eigenvalue weighted by Gasteiger charge is 2.26. The van der Waals surface area contributed by atoms with Gasteiger partial charge < -0.3 is 0 Å². The molecule has 2 aromatic heterocycles. The van der Waals surface area contributed by atoms with Gasteiger partial charge in [0.05, 0.1) is 12.2 Å². The van der Waals surface area contributed by atoms with E-state index in [2.05, 4.69) is 4.98 Å². The Bertz CT molecular complexity index is 703. The Morgan fingerprint density at radius 3 is 3.06 bits per heavy atom. The number of fused-ring (bicyclic) bond motifs is 4. The van der Waals surface area contributed by atoms with E-state index in [0.717, 1.165) is 54.0 Å². The first-order valence-corrected chi connectivity index (χ1v) is 6.41. The Morgan fingerprint density at radius 1 is 1.22 bits per heavy atom. The van der Waals surface area contributed by atoms with E-state index in [1.165, 1.54) is 0 Å². The second-order valence-corrected chi connectivity index (χ2v) is 4.97. The van der Waals surface area contributed by atoms with Crippen LogP contribution in [0.5, 0.6) is 0 Å². The van der Waals surface area contributed by atoms with Crippen LogP contribution in [-0.4, -0.2) is 14.5 Å². The van der Waals surface area contributed by atoms with E-state index in [1.54, 1.807) is 10.8 Å². The van der Waals surface area contributed by atoms with E-state index < -0.39 is 0 Å². The van der Waals surface area contributed by atoms with Crippen molar-refractivity contribution in [1.82, 2.24) is 14.5 Å². The van der Waals surface area contributed by atoms with Crippen molar-refractivity contribution in [3.05, 3.63) is 45.5 Å². The van der Waals surface area contributed by atoms with Crippen LogP contribution in [0.4, 0.5) is 0 Å². The minimum atomic E-state index is 0.146. The molecule has 0 spiro atoms. The molecule has 0 amide bonds. The van der Waals surface area contributed by atoms with E-state index in [9.17, 15) is 4.79 Å². The first-order valence-electron chi connectivity index (χ1n) is 6.41. The van der Waals surface area contributed by atoms with E-state index in [-0.39, 0.29) is 5.56 Å². The highest BCUT2D eigenvalue weighted by atomic mass is 16.1. The van der Waals surface area contributed by atoms with Crippen molar-refractivity contribution in [2.75, 3.05) is 0 Å². The van der Waals surface area contributed by atoms with Crippen molar-refractivity contribution in [3.8, 4) is 11.5 Å². The zero-order chi connectivity index (χ0) is 12.1. The van der Waals surface area contributed by atoms with E-state index >= 15 is 0 Å². The quantitative estimate of drug-likeness (QED) is 0.598. The van der Waals surface area contributed by atoms with Crippen LogP contribution in [0.25, 0.3) is 11.5 Å². The molecule has 0 radical (unpaired) electrons. The molecule has 2 aromatic rings. The molecule has 18 heavy (non-hydrogen) atoms. The van der Waals surface area contributed by atoms with Crippen LogP contribution >= 0.6 is 0 Å². The number of aryl methyl sites for hydroxylation is 1. The lowest BCUT2D eigenvalue weighted by Crippen LogP contribution is -2.28. The Hall–Kier alpha value is -1.97. The Morgan fingerprint density at radius 2 is 2.11 bits per heavy atom. The molecular formula is C14H13N3O. The maximum Gasteiger partial charge on any atom is 0.257 e. The minimum Gasteiger partial charge on any atom is -0.287 e. The maximum absolute atomic E-state index is 12.5. The predicted octanol–water partition coefficient (Wildman–Crippen LogP) is 1.55. The molecule has 0 bridgehead atoms. The molecule has 0 saturated carbocycles. The summed E-state index contributed by atoms with van der Waals surface area (Å²) >= 11 is 0. The highest BCUT2D eigenvalue weighted by molar-refractivity contribution is 5.60. The number of aromatic nitrogens is 3. The van der Waals surface area contributed by atoms with E-state index in [1.807, 2.05) is 12.1 Å². The molecule has 0 N–H and O–H groups in total. The van der Waals surface area contributed by atoms with Gasteiger partial charge in [-0.25, -0.2) is 4.98 Å². The van der Waals surface area contributed by atoms with Crippen LogP contribution in [-0.2, 0) is 19.4 Å². The largest absolute Gasteiger partial charge is 0.287 e. The molecule has 0 atom stereocenters. The first-order chi connectivity index (χ1) is 8.84. The van der Waals surface area contributed by atoms with Gasteiger partial charge in [0, 0.05) is 17.3 Å². The molecule has 1 aliphatic heterocycles. The summed E-state index contributed by atoms with van der Waals surface area (Å²) in [5, 5.41) is 0. The molecule has 3 heterocycles. The average molecular weight is 239 g/mol. The van der Waals surface area contributed by atoms with Crippen LogP contribution in [0.15, 0.2) is 23.1 Å². The fourth-order valence-corrected chi connectivity index (χ4v) is 2.96. The summed E-state index contributed by atoms with van der Waals surface area (Å²) < 4.78 is 1.78. The van der Waals surface area contributed by atoms with Crippen LogP contribution < -0.4 is 5.56 Å². The second kappa shape index (κ2) is 3.51. The number of hydrogen-bond acceptors (Lipinski definition) is 3. The third kappa shape index (κ3) is 1.23. The van der Waals surface area contributed by atoms with Crippen molar-refractivity contribution < 1.29 is 0 Å². The summed E-state index contributed by atoms with van der Waals surface area (Å²) in [7, 11) is 0. The Labute approximate surface area is 104 Å². The van der Waals surface area contributed by atoms with Gasteiger partial charge in [0.1, 0.15) is 5.69 Å². The minimum absolute atomic E-state index is 0.146. The molecule has 4 nitrogen and oxygen atoms in total. The number of pyridine rings is 1. The lowest BCUT2D eigenvalue weighted by molar-refractivity contribution is 0.635. The van der Waals surface area contributed by atoms with E-state index in [0.29, 0.717) is 6.54 Å². The van der Waals surface area contributed by atoms with Gasteiger partial charge in [-0.05, 0) is 31.7 Å². The summed E-state index contributed by atoms with van der Waals surface area (Å²) in [6.07, 6.45) is 5.82. The summed E-state index contributed by atoms with van der Waals surface area (Å²) in [4.78, 5) is 21.5. The molecule has 4 rings (SSSR count). The third-order valence-electron chi connectivity index (χ3n) is 3.87. The van der Waals surface area contributed by atoms with Gasteiger partial charge in [0.15, 0.2) is 5.82 Å². The molecule has 0 unspecified atom stereocenters. The summed E-state index contributed by atoms with van der Waals surface area (Å²) in [5.41, 5.74) is 4.05. The number of rotatable bonds is 0. The smallest absolute Gasteiger partial charge is 0.257 e. The maximum atomic E-state index is 12.5. The van der Waals surface area contributed by atoms with Gasteiger partial charge in [-0.1, -0.05) is 6.07 Å². The summed E-state index contributed by atoms with van der Waals surface area (Å²) in [6, 6.07) is 3.94. The molecule has 0 saturated heterocycles. The zero-order valence-corrected chi connectivity index (χ0v) is 10.0. The molecule has 90 valence electrons. The van der Waals surface area contributed by atoms with Crippen molar-refractivity contribution in [1.29, 1.82) is 0 Å². The molecule has 0 fully saturated rings. The summed E-state index contributed by atoms with van der Waals surface area (Å²) in [6.45, 7) is 0.623. The van der Waals surface area contributed by atoms with Crippen molar-refractivity contribution in [2.24, 2.45) is 0 Å². The number of nitrogens with zero attached hydrogens (tertiary/aromatic N) is 3. The molecule has 0 aromatic carbocycles. The van der Waals surface area contributed by atoms with Gasteiger partial charge in [-0.3, -0.25) is 14.3 Å². The zero-order valence-electron chi connectivity index (χ0n) is 10.0. The van der Waals surface area contributed by atoms with Gasteiger partial charge >= 0.3 is 0 Å². The first kappa shape index (κ1) is 10.00. The highest BCUT2D eigenvalue weighted by Crippen LogP contribution is 2.28. The lowest BCUT2D eigenvalue weighted by atomic mass is 9.97. The molecule has 1 aliphatic carbocycles. The number of hydrogen-bond donors (Lipinski definition) is 0. The topological polar surface area (TPSA) is 47.8 Å². The fraction of sp³-hybridized carbons (Fsp3) is 0.357. The van der Waals surface area contributed by atoms with Crippen LogP contribution in [0.1, 0.15) is 29.7 Å². The van der Waals surface area contributed by atoms with Crippen molar-refractivity contribution >= 4 is 0 Å². The van der Waals surface area contributed by atoms with Gasteiger partial charge in [-0.15, -0.1) is 0 Å². The predicted molar refractivity (Wildman–Crippen MR) is 67.5 cm³/mol. The average Bonchev–Trinajstić information content (AvgIpc) is 2.79. The SMILES string of the molecule is O=c1c2c(nc3n1Cc1cccnc1-3)CCCC2. The standard InChI is InChI=1S/C14H13N3O/c18-14-10-5-1-2-6-11(10)16-13-12-9(8-17(13)14)4-3-7-15-12/h3-4,7H,1-2,5-6,8H2. The lowest BCUT2D eigenvalue weighted by Gasteiger charge is -2.15. The fourth-order valence-electron chi connectivity index (χ4n) is 2.96. The van der Waals surface area contributed by atoms with Crippen LogP contribution in [0.3, 0.4) is 0 Å². The van der Waals surface area contributed by atoms with Gasteiger partial charge in [0.25, 0.3) is 5.56 Å². The van der Waals surface area contributed by atoms with Crippen molar-refractivity contribution in [2.45, 2.75) is 32.2 Å². The monoisotopic (exact) mass is 239 g/mol. The van der Waals surface area contributed by atoms with Gasteiger partial charge in [-0.2, -0.15) is 0 Å². The third-order valence-corrected chi connectivity index (χ3v) is 3.87. The second-order valence-electron chi connectivity index (χ2n) is 4.97. The van der Waals surface area contributed by atoms with Crippen LogP contribution in [0, 0.1) is 0 Å². The Balaban J connectivity index is 2.02. The van der Waals surface area contributed by atoms with E-state index in [4.69, 9.17) is 4.98 Å². The van der Waals surface area contributed by atoms with Crippen LogP contribution in [0.2, 0.25) is 0 Å².